The monoisotopic (exact) mass is 297 g/mol. The lowest BCUT2D eigenvalue weighted by Crippen LogP contribution is -2.55. The summed E-state index contributed by atoms with van der Waals surface area (Å²) in [5.74, 6) is -0.197. The fraction of sp³-hybridized carbons (Fsp3) is 0.867. The number of carbonyl (C=O) groups excluding carboxylic acids is 1. The van der Waals surface area contributed by atoms with Gasteiger partial charge >= 0.3 is 12.0 Å². The first kappa shape index (κ1) is 16.1. The predicted octanol–water partition coefficient (Wildman–Crippen LogP) is 1.37. The molecule has 0 bridgehead atoms. The van der Waals surface area contributed by atoms with Gasteiger partial charge in [-0.2, -0.15) is 0 Å². The molecule has 0 radical (unpaired) electrons. The van der Waals surface area contributed by atoms with Gasteiger partial charge in [0.2, 0.25) is 0 Å². The number of hydrogen-bond acceptors (Lipinski definition) is 3. The second-order valence-electron chi connectivity index (χ2n) is 6.17. The molecule has 6 heteroatoms. The fourth-order valence-electron chi connectivity index (χ4n) is 3.44. The van der Waals surface area contributed by atoms with Gasteiger partial charge in [0.1, 0.15) is 0 Å². The molecule has 1 saturated carbocycles. The van der Waals surface area contributed by atoms with Crippen LogP contribution in [0.3, 0.4) is 0 Å². The van der Waals surface area contributed by atoms with Crippen LogP contribution in [0.1, 0.15) is 39.0 Å². The van der Waals surface area contributed by atoms with E-state index in [0.717, 1.165) is 12.8 Å². The summed E-state index contributed by atoms with van der Waals surface area (Å²) in [6.45, 7) is 4.77. The molecule has 1 heterocycles. The Morgan fingerprint density at radius 2 is 1.81 bits per heavy atom. The summed E-state index contributed by atoms with van der Waals surface area (Å²) in [4.78, 5) is 26.7. The van der Waals surface area contributed by atoms with Gasteiger partial charge in [0.25, 0.3) is 0 Å². The highest BCUT2D eigenvalue weighted by atomic mass is 16.4. The van der Waals surface area contributed by atoms with Gasteiger partial charge in [0.05, 0.1) is 6.54 Å². The predicted molar refractivity (Wildman–Crippen MR) is 80.2 cm³/mol. The highest BCUT2D eigenvalue weighted by Gasteiger charge is 2.28. The van der Waals surface area contributed by atoms with Gasteiger partial charge in [-0.3, -0.25) is 9.69 Å². The van der Waals surface area contributed by atoms with Gasteiger partial charge in [0, 0.05) is 32.2 Å². The van der Waals surface area contributed by atoms with Crippen molar-refractivity contribution in [3.63, 3.8) is 0 Å². The highest BCUT2D eigenvalue weighted by molar-refractivity contribution is 5.74. The second-order valence-corrected chi connectivity index (χ2v) is 6.17. The largest absolute Gasteiger partial charge is 0.480 e. The number of rotatable bonds is 4. The Hall–Kier alpha value is -1.30. The minimum atomic E-state index is -0.805. The summed E-state index contributed by atoms with van der Waals surface area (Å²) in [6, 6.07) is 0.337. The van der Waals surface area contributed by atoms with Crippen molar-refractivity contribution in [2.75, 3.05) is 32.7 Å². The van der Waals surface area contributed by atoms with Crippen molar-refractivity contribution in [2.45, 2.75) is 45.1 Å². The maximum absolute atomic E-state index is 12.3. The van der Waals surface area contributed by atoms with Gasteiger partial charge in [-0.15, -0.1) is 0 Å². The van der Waals surface area contributed by atoms with Crippen LogP contribution < -0.4 is 5.32 Å². The molecule has 0 aromatic heterocycles. The molecule has 2 amide bonds. The number of amides is 2. The van der Waals surface area contributed by atoms with E-state index < -0.39 is 5.97 Å². The Labute approximate surface area is 126 Å². The molecule has 2 atom stereocenters. The maximum atomic E-state index is 12.3. The van der Waals surface area contributed by atoms with Crippen LogP contribution in [0, 0.1) is 5.92 Å². The summed E-state index contributed by atoms with van der Waals surface area (Å²) in [5, 5.41) is 12.0. The summed E-state index contributed by atoms with van der Waals surface area (Å²) in [7, 11) is 0. The Bertz CT molecular complexity index is 367. The lowest BCUT2D eigenvalue weighted by molar-refractivity contribution is -0.138. The third-order valence-corrected chi connectivity index (χ3v) is 4.76. The summed E-state index contributed by atoms with van der Waals surface area (Å²) in [6.07, 6.45) is 5.90. The molecule has 0 aromatic rings. The van der Waals surface area contributed by atoms with E-state index >= 15 is 0 Å². The number of carboxylic acids is 1. The average Bonchev–Trinajstić information content (AvgIpc) is 2.48. The van der Waals surface area contributed by atoms with E-state index in [-0.39, 0.29) is 12.6 Å². The third-order valence-electron chi connectivity index (χ3n) is 4.76. The zero-order valence-electron chi connectivity index (χ0n) is 12.9. The SMILES string of the molecule is CCC1CCCCC1NC(=O)N1CCN(CC(=O)O)CC1. The van der Waals surface area contributed by atoms with Crippen molar-refractivity contribution in [3.05, 3.63) is 0 Å². The van der Waals surface area contributed by atoms with Crippen molar-refractivity contribution in [2.24, 2.45) is 5.92 Å². The molecule has 2 rings (SSSR count). The zero-order chi connectivity index (χ0) is 15.2. The van der Waals surface area contributed by atoms with Crippen LogP contribution in [0.15, 0.2) is 0 Å². The van der Waals surface area contributed by atoms with Gasteiger partial charge in [-0.25, -0.2) is 4.79 Å². The number of nitrogens with one attached hydrogen (secondary N) is 1. The summed E-state index contributed by atoms with van der Waals surface area (Å²) >= 11 is 0. The molecule has 2 fully saturated rings. The van der Waals surface area contributed by atoms with Gasteiger partial charge in [0.15, 0.2) is 0 Å². The fourth-order valence-corrected chi connectivity index (χ4v) is 3.44. The van der Waals surface area contributed by atoms with E-state index in [1.165, 1.54) is 19.3 Å². The standard InChI is InChI=1S/C15H27N3O3/c1-2-12-5-3-4-6-13(12)16-15(21)18-9-7-17(8-10-18)11-14(19)20/h12-13H,2-11H2,1H3,(H,16,21)(H,19,20). The number of carboxylic acid groups (broad SMARTS) is 1. The van der Waals surface area contributed by atoms with Gasteiger partial charge in [-0.1, -0.05) is 26.2 Å². The molecule has 1 aliphatic carbocycles. The van der Waals surface area contributed by atoms with E-state index in [1.807, 2.05) is 9.80 Å². The first-order valence-electron chi connectivity index (χ1n) is 8.09. The highest BCUT2D eigenvalue weighted by Crippen LogP contribution is 2.26. The van der Waals surface area contributed by atoms with Crippen LogP contribution in [-0.2, 0) is 4.79 Å². The van der Waals surface area contributed by atoms with Crippen LogP contribution in [0.2, 0.25) is 0 Å². The van der Waals surface area contributed by atoms with Crippen LogP contribution in [0.4, 0.5) is 4.79 Å². The van der Waals surface area contributed by atoms with Crippen LogP contribution in [0.25, 0.3) is 0 Å². The number of nitrogens with zero attached hydrogens (tertiary/aromatic N) is 2. The molecule has 2 unspecified atom stereocenters. The van der Waals surface area contributed by atoms with Crippen LogP contribution in [-0.4, -0.2) is 65.7 Å². The number of aliphatic carboxylic acids is 1. The smallest absolute Gasteiger partial charge is 0.317 e. The molecule has 21 heavy (non-hydrogen) atoms. The van der Waals surface area contributed by atoms with Crippen LogP contribution in [0.5, 0.6) is 0 Å². The van der Waals surface area contributed by atoms with Gasteiger partial charge in [-0.05, 0) is 18.8 Å². The third kappa shape index (κ3) is 4.59. The number of piperazine rings is 1. The van der Waals surface area contributed by atoms with Crippen molar-refractivity contribution in [3.8, 4) is 0 Å². The summed E-state index contributed by atoms with van der Waals surface area (Å²) in [5.41, 5.74) is 0. The minimum absolute atomic E-state index is 0.0234. The Balaban J connectivity index is 1.77. The molecular weight excluding hydrogens is 270 g/mol. The van der Waals surface area contributed by atoms with Crippen LogP contribution >= 0.6 is 0 Å². The Morgan fingerprint density at radius 1 is 1.14 bits per heavy atom. The van der Waals surface area contributed by atoms with E-state index in [4.69, 9.17) is 5.11 Å². The molecular formula is C15H27N3O3. The topological polar surface area (TPSA) is 72.9 Å². The molecule has 2 aliphatic rings. The van der Waals surface area contributed by atoms with Crippen molar-refractivity contribution < 1.29 is 14.7 Å². The average molecular weight is 297 g/mol. The molecule has 2 N–H and O–H groups in total. The number of hydrogen-bond donors (Lipinski definition) is 2. The normalized spacial score (nSPS) is 27.4. The zero-order valence-corrected chi connectivity index (χ0v) is 12.9. The van der Waals surface area contributed by atoms with E-state index in [1.54, 1.807) is 0 Å². The van der Waals surface area contributed by atoms with E-state index in [9.17, 15) is 9.59 Å². The Kier molecular flexibility index (Phi) is 5.85. The maximum Gasteiger partial charge on any atom is 0.317 e. The van der Waals surface area contributed by atoms with Crippen molar-refractivity contribution in [1.82, 2.24) is 15.1 Å². The second kappa shape index (κ2) is 7.64. The Morgan fingerprint density at radius 3 is 2.43 bits per heavy atom. The lowest BCUT2D eigenvalue weighted by Gasteiger charge is -2.37. The molecule has 120 valence electrons. The lowest BCUT2D eigenvalue weighted by atomic mass is 9.83. The summed E-state index contributed by atoms with van der Waals surface area (Å²) < 4.78 is 0. The van der Waals surface area contributed by atoms with E-state index in [2.05, 4.69) is 12.2 Å². The molecule has 6 nitrogen and oxygen atoms in total. The first-order valence-corrected chi connectivity index (χ1v) is 8.09. The quantitative estimate of drug-likeness (QED) is 0.822. The van der Waals surface area contributed by atoms with Crippen molar-refractivity contribution in [1.29, 1.82) is 0 Å². The molecule has 0 spiro atoms. The minimum Gasteiger partial charge on any atom is -0.480 e. The van der Waals surface area contributed by atoms with E-state index in [0.29, 0.717) is 38.1 Å². The molecule has 0 aromatic carbocycles. The van der Waals surface area contributed by atoms with Gasteiger partial charge < -0.3 is 15.3 Å². The first-order chi connectivity index (χ1) is 10.1. The molecule has 1 aliphatic heterocycles. The number of carbonyl (C=O) groups is 2. The van der Waals surface area contributed by atoms with Crippen molar-refractivity contribution >= 4 is 12.0 Å². The molecule has 1 saturated heterocycles. The number of urea groups is 1.